The largest absolute Gasteiger partial charge is 0.481 e. The molecule has 0 radical (unpaired) electrons. The number of hydrogen-bond donors (Lipinski definition) is 2. The Labute approximate surface area is 136 Å². The Bertz CT molecular complexity index is 538. The lowest BCUT2D eigenvalue weighted by Gasteiger charge is -2.29. The Balaban J connectivity index is 2.88. The van der Waals surface area contributed by atoms with E-state index in [4.69, 9.17) is 21.4 Å². The van der Waals surface area contributed by atoms with Crippen LogP contribution >= 0.6 is 27.5 Å². The van der Waals surface area contributed by atoms with Gasteiger partial charge in [0.2, 0.25) is 0 Å². The average Bonchev–Trinajstić information content (AvgIpc) is 2.41. The highest BCUT2D eigenvalue weighted by atomic mass is 79.9. The first-order valence-electron chi connectivity index (χ1n) is 6.32. The molecular formula is C14H17BrClNO4. The van der Waals surface area contributed by atoms with Crippen molar-refractivity contribution in [3.63, 3.8) is 0 Å². The van der Waals surface area contributed by atoms with Gasteiger partial charge < -0.3 is 15.2 Å². The number of carbonyl (C=O) groups is 2. The summed E-state index contributed by atoms with van der Waals surface area (Å²) in [6.45, 7) is 1.68. The third-order valence-corrected chi connectivity index (χ3v) is 4.26. The Kier molecular flexibility index (Phi) is 6.48. The Morgan fingerprint density at radius 1 is 1.48 bits per heavy atom. The highest BCUT2D eigenvalue weighted by Gasteiger charge is 2.34. The molecule has 0 amide bonds. The molecule has 0 aromatic heterocycles. The van der Waals surface area contributed by atoms with E-state index in [0.717, 1.165) is 0 Å². The summed E-state index contributed by atoms with van der Waals surface area (Å²) in [4.78, 5) is 22.6. The van der Waals surface area contributed by atoms with Crippen molar-refractivity contribution in [1.82, 2.24) is 0 Å². The molecule has 0 spiro atoms. The smallest absolute Gasteiger partial charge is 0.331 e. The molecule has 0 aliphatic carbocycles. The maximum Gasteiger partial charge on any atom is 0.331 e. The summed E-state index contributed by atoms with van der Waals surface area (Å²) in [6, 6.07) is 5.19. The molecule has 0 saturated carbocycles. The van der Waals surface area contributed by atoms with Crippen LogP contribution in [0.4, 0.5) is 5.69 Å². The number of carboxylic acid groups (broad SMARTS) is 1. The Hall–Kier alpha value is -1.27. The van der Waals surface area contributed by atoms with Gasteiger partial charge in [0.1, 0.15) is 5.54 Å². The Morgan fingerprint density at radius 3 is 2.67 bits per heavy atom. The van der Waals surface area contributed by atoms with Crippen LogP contribution in [-0.4, -0.2) is 29.7 Å². The van der Waals surface area contributed by atoms with Gasteiger partial charge in [0, 0.05) is 16.6 Å². The van der Waals surface area contributed by atoms with Crippen LogP contribution in [0.1, 0.15) is 26.2 Å². The second kappa shape index (κ2) is 7.66. The molecule has 0 heterocycles. The monoisotopic (exact) mass is 377 g/mol. The lowest BCUT2D eigenvalue weighted by molar-refractivity contribution is -0.146. The standard InChI is InChI=1S/C14H17BrClNO4/c1-14(13(20)21-2,7-3-4-12(18)19)17-9-5-6-11(16)10(15)8-9/h5-6,8,17H,3-4,7H2,1-2H3,(H,18,19). The number of ether oxygens (including phenoxy) is 1. The van der Waals surface area contributed by atoms with Gasteiger partial charge in [-0.05, 0) is 53.9 Å². The van der Waals surface area contributed by atoms with E-state index in [1.54, 1.807) is 25.1 Å². The zero-order valence-corrected chi connectivity index (χ0v) is 14.1. The zero-order chi connectivity index (χ0) is 16.0. The molecule has 21 heavy (non-hydrogen) atoms. The molecular weight excluding hydrogens is 362 g/mol. The molecule has 1 aromatic rings. The maximum absolute atomic E-state index is 12.0. The molecule has 0 aliphatic heterocycles. The van der Waals surface area contributed by atoms with Crippen LogP contribution in [0.3, 0.4) is 0 Å². The molecule has 1 unspecified atom stereocenters. The molecule has 1 aromatic carbocycles. The molecule has 1 rings (SSSR count). The van der Waals surface area contributed by atoms with E-state index in [1.165, 1.54) is 7.11 Å². The number of aliphatic carboxylic acids is 1. The predicted octanol–water partition coefficient (Wildman–Crippen LogP) is 3.70. The fourth-order valence-electron chi connectivity index (χ4n) is 1.93. The summed E-state index contributed by atoms with van der Waals surface area (Å²) in [7, 11) is 1.30. The summed E-state index contributed by atoms with van der Waals surface area (Å²) in [5.41, 5.74) is -0.313. The van der Waals surface area contributed by atoms with Crippen molar-refractivity contribution in [2.24, 2.45) is 0 Å². The lowest BCUT2D eigenvalue weighted by atomic mass is 9.94. The van der Waals surface area contributed by atoms with E-state index in [0.29, 0.717) is 28.0 Å². The minimum absolute atomic E-state index is 0.00141. The van der Waals surface area contributed by atoms with Crippen molar-refractivity contribution in [1.29, 1.82) is 0 Å². The number of hydrogen-bond acceptors (Lipinski definition) is 4. The van der Waals surface area contributed by atoms with Gasteiger partial charge in [-0.2, -0.15) is 0 Å². The number of carbonyl (C=O) groups excluding carboxylic acids is 1. The second-order valence-electron chi connectivity index (χ2n) is 4.82. The first kappa shape index (κ1) is 17.8. The van der Waals surface area contributed by atoms with Crippen molar-refractivity contribution >= 4 is 45.2 Å². The van der Waals surface area contributed by atoms with Crippen LogP contribution in [0.15, 0.2) is 22.7 Å². The summed E-state index contributed by atoms with van der Waals surface area (Å²) in [6.07, 6.45) is 0.702. The van der Waals surface area contributed by atoms with Crippen LogP contribution in [0.25, 0.3) is 0 Å². The number of anilines is 1. The molecule has 0 aliphatic rings. The first-order chi connectivity index (χ1) is 9.78. The van der Waals surface area contributed by atoms with E-state index in [9.17, 15) is 9.59 Å². The number of esters is 1. The summed E-state index contributed by atoms with van der Waals surface area (Å²) in [5, 5.41) is 12.4. The molecule has 5 nitrogen and oxygen atoms in total. The predicted molar refractivity (Wildman–Crippen MR) is 84.7 cm³/mol. The quantitative estimate of drug-likeness (QED) is 0.708. The fourth-order valence-corrected chi connectivity index (χ4v) is 2.42. The number of halogens is 2. The summed E-state index contributed by atoms with van der Waals surface area (Å²) >= 11 is 9.24. The number of benzene rings is 1. The summed E-state index contributed by atoms with van der Waals surface area (Å²) in [5.74, 6) is -1.34. The lowest BCUT2D eigenvalue weighted by Crippen LogP contribution is -2.44. The van der Waals surface area contributed by atoms with E-state index >= 15 is 0 Å². The zero-order valence-electron chi connectivity index (χ0n) is 11.8. The van der Waals surface area contributed by atoms with Gasteiger partial charge in [0.15, 0.2) is 0 Å². The van der Waals surface area contributed by atoms with Crippen LogP contribution < -0.4 is 5.32 Å². The highest BCUT2D eigenvalue weighted by molar-refractivity contribution is 9.10. The van der Waals surface area contributed by atoms with Gasteiger partial charge in [-0.15, -0.1) is 0 Å². The molecule has 0 fully saturated rings. The van der Waals surface area contributed by atoms with Crippen LogP contribution in [0.2, 0.25) is 5.02 Å². The molecule has 1 atom stereocenters. The average molecular weight is 379 g/mol. The van der Waals surface area contributed by atoms with Gasteiger partial charge in [-0.3, -0.25) is 4.79 Å². The molecule has 7 heteroatoms. The van der Waals surface area contributed by atoms with Gasteiger partial charge in [-0.25, -0.2) is 4.79 Å². The topological polar surface area (TPSA) is 75.6 Å². The van der Waals surface area contributed by atoms with Gasteiger partial charge in [-0.1, -0.05) is 11.6 Å². The highest BCUT2D eigenvalue weighted by Crippen LogP contribution is 2.29. The van der Waals surface area contributed by atoms with E-state index in [1.807, 2.05) is 0 Å². The van der Waals surface area contributed by atoms with Crippen molar-refractivity contribution < 1.29 is 19.4 Å². The van der Waals surface area contributed by atoms with Crippen molar-refractivity contribution in [3.05, 3.63) is 27.7 Å². The van der Waals surface area contributed by atoms with Crippen molar-refractivity contribution in [2.75, 3.05) is 12.4 Å². The van der Waals surface area contributed by atoms with Crippen LogP contribution in [0, 0.1) is 0 Å². The fraction of sp³-hybridized carbons (Fsp3) is 0.429. The van der Waals surface area contributed by atoms with Crippen LogP contribution in [-0.2, 0) is 14.3 Å². The van der Waals surface area contributed by atoms with Crippen LogP contribution in [0.5, 0.6) is 0 Å². The minimum atomic E-state index is -1.00. The molecule has 0 bridgehead atoms. The third-order valence-electron chi connectivity index (χ3n) is 3.04. The SMILES string of the molecule is COC(=O)C(C)(CCCC(=O)O)Nc1ccc(Cl)c(Br)c1. The molecule has 116 valence electrons. The number of nitrogens with one attached hydrogen (secondary N) is 1. The van der Waals surface area contributed by atoms with Gasteiger partial charge in [0.25, 0.3) is 0 Å². The number of rotatable bonds is 7. The molecule has 0 saturated heterocycles. The number of carboxylic acids is 1. The third kappa shape index (κ3) is 5.21. The summed E-state index contributed by atoms with van der Waals surface area (Å²) < 4.78 is 5.51. The normalized spacial score (nSPS) is 13.3. The second-order valence-corrected chi connectivity index (χ2v) is 6.09. The first-order valence-corrected chi connectivity index (χ1v) is 7.49. The Morgan fingerprint density at radius 2 is 2.14 bits per heavy atom. The minimum Gasteiger partial charge on any atom is -0.481 e. The number of methoxy groups -OCH3 is 1. The van der Waals surface area contributed by atoms with E-state index in [2.05, 4.69) is 21.2 Å². The van der Waals surface area contributed by atoms with Gasteiger partial charge >= 0.3 is 11.9 Å². The van der Waals surface area contributed by atoms with E-state index in [-0.39, 0.29) is 6.42 Å². The van der Waals surface area contributed by atoms with E-state index < -0.39 is 17.5 Å². The molecule has 2 N–H and O–H groups in total. The van der Waals surface area contributed by atoms with Gasteiger partial charge in [0.05, 0.1) is 12.1 Å². The van der Waals surface area contributed by atoms with Crippen molar-refractivity contribution in [2.45, 2.75) is 31.7 Å². The maximum atomic E-state index is 12.0. The van der Waals surface area contributed by atoms with Crippen molar-refractivity contribution in [3.8, 4) is 0 Å².